The van der Waals surface area contributed by atoms with Crippen LogP contribution in [0.5, 0.6) is 0 Å². The molecule has 1 rings (SSSR count). The van der Waals surface area contributed by atoms with Gasteiger partial charge in [0, 0.05) is 5.56 Å². The molecule has 1 aromatic rings. The van der Waals surface area contributed by atoms with Crippen LogP contribution in [0.2, 0.25) is 0 Å². The molecule has 0 unspecified atom stereocenters. The van der Waals surface area contributed by atoms with Gasteiger partial charge in [0.25, 0.3) is 5.24 Å². The molecule has 0 atom stereocenters. The van der Waals surface area contributed by atoms with Gasteiger partial charge in [-0.15, -0.1) is 12.4 Å². The van der Waals surface area contributed by atoms with Gasteiger partial charge in [-0.1, -0.05) is 23.8 Å². The first-order valence-corrected chi connectivity index (χ1v) is 3.34. The average Bonchev–Trinajstić information content (AvgIpc) is 1.88. The standard InChI is InChI=1S/C8H7ClO.ClH/c1-6-3-2-4-7(5-6)8(9)10;/h2-5H,1H3;1H. The van der Waals surface area contributed by atoms with E-state index < -0.39 is 5.24 Å². The van der Waals surface area contributed by atoms with E-state index in [9.17, 15) is 4.79 Å². The third-order valence-corrected chi connectivity index (χ3v) is 1.46. The first-order valence-electron chi connectivity index (χ1n) is 2.96. The maximum atomic E-state index is 10.6. The minimum Gasteiger partial charge on any atom is -0.276 e. The van der Waals surface area contributed by atoms with Crippen molar-refractivity contribution in [2.75, 3.05) is 0 Å². The molecule has 0 bridgehead atoms. The fraction of sp³-hybridized carbons (Fsp3) is 0.125. The number of carbonyl (C=O) groups excluding carboxylic acids is 1. The molecule has 0 heterocycles. The molecule has 0 aromatic heterocycles. The molecule has 1 aromatic carbocycles. The number of carbonyl (C=O) groups is 1. The lowest BCUT2D eigenvalue weighted by molar-refractivity contribution is 0.108. The molecule has 0 amide bonds. The Bertz CT molecular complexity index is 258. The van der Waals surface area contributed by atoms with Crippen LogP contribution in [0.3, 0.4) is 0 Å². The Kier molecular flexibility index (Phi) is 4.16. The predicted molar refractivity (Wildman–Crippen MR) is 48.6 cm³/mol. The van der Waals surface area contributed by atoms with E-state index in [0.717, 1.165) is 5.56 Å². The zero-order chi connectivity index (χ0) is 7.56. The topological polar surface area (TPSA) is 17.1 Å². The minimum absolute atomic E-state index is 0. The van der Waals surface area contributed by atoms with Crippen molar-refractivity contribution in [1.29, 1.82) is 0 Å². The molecule has 0 spiro atoms. The molecule has 0 N–H and O–H groups in total. The number of halogens is 2. The quantitative estimate of drug-likeness (QED) is 0.623. The van der Waals surface area contributed by atoms with E-state index in [1.807, 2.05) is 19.1 Å². The fourth-order valence-corrected chi connectivity index (χ4v) is 0.885. The average molecular weight is 191 g/mol. The van der Waals surface area contributed by atoms with Gasteiger partial charge in [0.15, 0.2) is 0 Å². The molecule has 0 saturated carbocycles. The van der Waals surface area contributed by atoms with Crippen molar-refractivity contribution in [3.8, 4) is 0 Å². The van der Waals surface area contributed by atoms with Crippen LogP contribution in [0, 0.1) is 6.92 Å². The van der Waals surface area contributed by atoms with Crippen LogP contribution in [0.4, 0.5) is 0 Å². The van der Waals surface area contributed by atoms with Gasteiger partial charge in [0.2, 0.25) is 0 Å². The van der Waals surface area contributed by atoms with Crippen molar-refractivity contribution >= 4 is 29.3 Å². The molecule has 0 aliphatic rings. The van der Waals surface area contributed by atoms with E-state index in [4.69, 9.17) is 11.6 Å². The van der Waals surface area contributed by atoms with Crippen molar-refractivity contribution in [2.24, 2.45) is 0 Å². The summed E-state index contributed by atoms with van der Waals surface area (Å²) in [5.41, 5.74) is 1.60. The lowest BCUT2D eigenvalue weighted by Gasteiger charge is -1.93. The lowest BCUT2D eigenvalue weighted by Crippen LogP contribution is -1.87. The Balaban J connectivity index is 0.000001000. The monoisotopic (exact) mass is 190 g/mol. The van der Waals surface area contributed by atoms with E-state index in [-0.39, 0.29) is 12.4 Å². The molecule has 0 fully saturated rings. The summed E-state index contributed by atoms with van der Waals surface area (Å²) in [7, 11) is 0. The highest BCUT2D eigenvalue weighted by Gasteiger charge is 1.98. The van der Waals surface area contributed by atoms with Gasteiger partial charge in [-0.2, -0.15) is 0 Å². The zero-order valence-electron chi connectivity index (χ0n) is 6.00. The summed E-state index contributed by atoms with van der Waals surface area (Å²) in [5.74, 6) is 0. The highest BCUT2D eigenvalue weighted by Crippen LogP contribution is 2.05. The number of benzene rings is 1. The molecule has 60 valence electrons. The highest BCUT2D eigenvalue weighted by atomic mass is 35.5. The summed E-state index contributed by atoms with van der Waals surface area (Å²) >= 11 is 5.24. The van der Waals surface area contributed by atoms with Crippen molar-refractivity contribution in [3.05, 3.63) is 35.4 Å². The number of hydrogen-bond acceptors (Lipinski definition) is 1. The molecular weight excluding hydrogens is 183 g/mol. The summed E-state index contributed by atoms with van der Waals surface area (Å²) in [6.07, 6.45) is 0. The van der Waals surface area contributed by atoms with E-state index in [1.54, 1.807) is 12.1 Å². The molecule has 3 heteroatoms. The SMILES string of the molecule is Cc1cccc(C(=O)Cl)c1.Cl. The van der Waals surface area contributed by atoms with Crippen molar-refractivity contribution in [2.45, 2.75) is 6.92 Å². The maximum Gasteiger partial charge on any atom is 0.252 e. The van der Waals surface area contributed by atoms with Crippen LogP contribution in [0.15, 0.2) is 24.3 Å². The smallest absolute Gasteiger partial charge is 0.252 e. The van der Waals surface area contributed by atoms with Crippen LogP contribution in [-0.4, -0.2) is 5.24 Å². The van der Waals surface area contributed by atoms with Crippen molar-refractivity contribution < 1.29 is 4.79 Å². The van der Waals surface area contributed by atoms with E-state index in [2.05, 4.69) is 0 Å². The lowest BCUT2D eigenvalue weighted by atomic mass is 10.2. The second-order valence-electron chi connectivity index (χ2n) is 2.14. The van der Waals surface area contributed by atoms with Crippen LogP contribution in [-0.2, 0) is 0 Å². The number of hydrogen-bond donors (Lipinski definition) is 0. The van der Waals surface area contributed by atoms with Gasteiger partial charge in [0.1, 0.15) is 0 Å². The first kappa shape index (κ1) is 10.5. The molecule has 1 nitrogen and oxygen atoms in total. The van der Waals surface area contributed by atoms with Crippen molar-refractivity contribution in [1.82, 2.24) is 0 Å². The van der Waals surface area contributed by atoms with E-state index in [1.165, 1.54) is 0 Å². The Morgan fingerprint density at radius 2 is 2.09 bits per heavy atom. The third kappa shape index (κ3) is 2.91. The Morgan fingerprint density at radius 3 is 2.45 bits per heavy atom. The number of aryl methyl sites for hydroxylation is 1. The Labute approximate surface area is 76.8 Å². The maximum absolute atomic E-state index is 10.6. The van der Waals surface area contributed by atoms with Crippen LogP contribution in [0.25, 0.3) is 0 Å². The second-order valence-corrected chi connectivity index (χ2v) is 2.49. The van der Waals surface area contributed by atoms with Gasteiger partial charge in [0.05, 0.1) is 0 Å². The first-order chi connectivity index (χ1) is 4.70. The molecule has 0 radical (unpaired) electrons. The van der Waals surface area contributed by atoms with E-state index >= 15 is 0 Å². The van der Waals surface area contributed by atoms with Crippen LogP contribution < -0.4 is 0 Å². The van der Waals surface area contributed by atoms with Gasteiger partial charge in [-0.25, -0.2) is 0 Å². The van der Waals surface area contributed by atoms with Gasteiger partial charge in [-0.3, -0.25) is 4.79 Å². The summed E-state index contributed by atoms with van der Waals surface area (Å²) in [6, 6.07) is 7.19. The molecule has 0 aliphatic heterocycles. The highest BCUT2D eigenvalue weighted by molar-refractivity contribution is 6.67. The molecule has 0 saturated heterocycles. The molecule has 0 aliphatic carbocycles. The van der Waals surface area contributed by atoms with Crippen molar-refractivity contribution in [3.63, 3.8) is 0 Å². The third-order valence-electron chi connectivity index (χ3n) is 1.25. The Hall–Kier alpha value is -0.530. The van der Waals surface area contributed by atoms with Gasteiger partial charge < -0.3 is 0 Å². The minimum atomic E-state index is -0.399. The normalized spacial score (nSPS) is 8.55. The fourth-order valence-electron chi connectivity index (χ4n) is 0.767. The van der Waals surface area contributed by atoms with Gasteiger partial charge in [-0.05, 0) is 24.6 Å². The van der Waals surface area contributed by atoms with Crippen LogP contribution >= 0.6 is 24.0 Å². The Morgan fingerprint density at radius 1 is 1.45 bits per heavy atom. The van der Waals surface area contributed by atoms with Crippen LogP contribution in [0.1, 0.15) is 15.9 Å². The summed E-state index contributed by atoms with van der Waals surface area (Å²) in [5, 5.41) is -0.399. The molecule has 11 heavy (non-hydrogen) atoms. The summed E-state index contributed by atoms with van der Waals surface area (Å²) in [6.45, 7) is 1.92. The number of rotatable bonds is 1. The van der Waals surface area contributed by atoms with E-state index in [0.29, 0.717) is 5.56 Å². The summed E-state index contributed by atoms with van der Waals surface area (Å²) < 4.78 is 0. The largest absolute Gasteiger partial charge is 0.276 e. The van der Waals surface area contributed by atoms with Gasteiger partial charge >= 0.3 is 0 Å². The second kappa shape index (κ2) is 4.37. The predicted octanol–water partition coefficient (Wildman–Crippen LogP) is 2.80. The summed E-state index contributed by atoms with van der Waals surface area (Å²) in [4.78, 5) is 10.6. The molecular formula is C8H8Cl2O. The zero-order valence-corrected chi connectivity index (χ0v) is 7.58.